The van der Waals surface area contributed by atoms with Crippen LogP contribution in [-0.4, -0.2) is 4.57 Å². The molecule has 0 radical (unpaired) electrons. The minimum Gasteiger partial charge on any atom is -0.356 e. The number of anilines is 2. The number of benzene rings is 9. The minimum absolute atomic E-state index is 1.07. The fourth-order valence-electron chi connectivity index (χ4n) is 7.23. The van der Waals surface area contributed by atoms with Crippen LogP contribution in [0.5, 0.6) is 0 Å². The molecule has 2 heteroatoms. The van der Waals surface area contributed by atoms with Crippen LogP contribution < -0.4 is 5.32 Å². The van der Waals surface area contributed by atoms with Crippen LogP contribution in [0.1, 0.15) is 0 Å². The van der Waals surface area contributed by atoms with Crippen LogP contribution in [0.2, 0.25) is 0 Å². The van der Waals surface area contributed by atoms with Crippen molar-refractivity contribution >= 4 is 54.7 Å². The van der Waals surface area contributed by atoms with E-state index in [4.69, 9.17) is 0 Å². The van der Waals surface area contributed by atoms with Crippen LogP contribution in [0.15, 0.2) is 212 Å². The molecule has 0 unspecified atom stereocenters. The first-order valence-electron chi connectivity index (χ1n) is 17.8. The number of nitrogens with zero attached hydrogens (tertiary/aromatic N) is 1. The Hall–Kier alpha value is -6.90. The summed E-state index contributed by atoms with van der Waals surface area (Å²) in [5, 5.41) is 11.3. The molecular formula is C50H36N2. The number of aromatic nitrogens is 1. The Morgan fingerprint density at radius 3 is 1.25 bits per heavy atom. The lowest BCUT2D eigenvalue weighted by atomic mass is 9.97. The van der Waals surface area contributed by atoms with Crippen LogP contribution >= 0.6 is 0 Å². The highest BCUT2D eigenvalue weighted by Crippen LogP contribution is 2.34. The highest BCUT2D eigenvalue weighted by molar-refractivity contribution is 6.10. The molecular weight excluding hydrogens is 629 g/mol. The quantitative estimate of drug-likeness (QED) is 0.181. The van der Waals surface area contributed by atoms with Crippen molar-refractivity contribution < 1.29 is 0 Å². The molecule has 0 aliphatic rings. The molecule has 1 N–H and O–H groups in total. The summed E-state index contributed by atoms with van der Waals surface area (Å²) in [5.41, 5.74) is 10.6. The summed E-state index contributed by atoms with van der Waals surface area (Å²) in [5.74, 6) is 0. The second kappa shape index (κ2) is 13.8. The first-order chi connectivity index (χ1) is 25.8. The largest absolute Gasteiger partial charge is 0.356 e. The number of hydrogen-bond donors (Lipinski definition) is 1. The van der Waals surface area contributed by atoms with E-state index in [-0.39, 0.29) is 0 Å². The van der Waals surface area contributed by atoms with E-state index < -0.39 is 0 Å². The molecule has 0 bridgehead atoms. The second-order valence-corrected chi connectivity index (χ2v) is 13.1. The summed E-state index contributed by atoms with van der Waals surface area (Å²) >= 11 is 0. The molecule has 0 saturated heterocycles. The highest BCUT2D eigenvalue weighted by atomic mass is 15.0. The van der Waals surface area contributed by atoms with Gasteiger partial charge >= 0.3 is 0 Å². The molecule has 9 aromatic carbocycles. The number of rotatable bonds is 5. The fraction of sp³-hybridized carbons (Fsp3) is 0. The van der Waals surface area contributed by atoms with E-state index in [9.17, 15) is 0 Å². The summed E-state index contributed by atoms with van der Waals surface area (Å²) in [6.45, 7) is 0. The number of nitrogens with one attached hydrogen (secondary N) is 1. The second-order valence-electron chi connectivity index (χ2n) is 13.1. The Kier molecular flexibility index (Phi) is 8.24. The van der Waals surface area contributed by atoms with Crippen molar-refractivity contribution in [3.05, 3.63) is 212 Å². The van der Waals surface area contributed by atoms with Crippen LogP contribution in [0.4, 0.5) is 11.4 Å². The highest BCUT2D eigenvalue weighted by Gasteiger charge is 2.11. The minimum atomic E-state index is 1.07. The topological polar surface area (TPSA) is 17.0 Å². The third-order valence-electron chi connectivity index (χ3n) is 9.84. The van der Waals surface area contributed by atoms with Crippen LogP contribution in [0, 0.1) is 0 Å². The van der Waals surface area contributed by atoms with E-state index in [0.29, 0.717) is 0 Å². The average molecular weight is 665 g/mol. The van der Waals surface area contributed by atoms with Crippen molar-refractivity contribution in [2.75, 3.05) is 5.32 Å². The first-order valence-corrected chi connectivity index (χ1v) is 17.8. The van der Waals surface area contributed by atoms with Gasteiger partial charge in [0.1, 0.15) is 0 Å². The Bertz CT molecular complexity index is 2700. The first kappa shape index (κ1) is 31.1. The van der Waals surface area contributed by atoms with Gasteiger partial charge in [0, 0.05) is 27.8 Å². The van der Waals surface area contributed by atoms with Crippen molar-refractivity contribution in [2.24, 2.45) is 0 Å². The molecule has 1 heterocycles. The lowest BCUT2D eigenvalue weighted by Gasteiger charge is -2.11. The van der Waals surface area contributed by atoms with Gasteiger partial charge in [-0.1, -0.05) is 158 Å². The standard InChI is InChI=1S/C44H30N2.C6H6/c1-2-8-39-33(7-1)13-14-34-15-16-35(29-42(34)39)32-19-25-37(26-20-32)45-36-23-17-30(18-24-36)31-21-27-38(28-22-31)46-43-11-5-3-9-40(43)41-10-4-6-12-44(41)46;1-2-4-6-5-3-1/h1-29,45H;1-6H. The summed E-state index contributed by atoms with van der Waals surface area (Å²) in [6.07, 6.45) is 0. The molecule has 10 rings (SSSR count). The molecule has 0 amide bonds. The summed E-state index contributed by atoms with van der Waals surface area (Å²) in [7, 11) is 0. The van der Waals surface area contributed by atoms with E-state index in [1.807, 2.05) is 36.4 Å². The van der Waals surface area contributed by atoms with E-state index in [1.165, 1.54) is 71.3 Å². The van der Waals surface area contributed by atoms with Crippen LogP contribution in [-0.2, 0) is 0 Å². The normalized spacial score (nSPS) is 11.1. The molecule has 1 aromatic heterocycles. The predicted octanol–water partition coefficient (Wildman–Crippen LogP) is 13.9. The molecule has 0 aliphatic heterocycles. The van der Waals surface area contributed by atoms with Gasteiger partial charge in [-0.05, 0) is 98.4 Å². The van der Waals surface area contributed by atoms with Crippen molar-refractivity contribution in [1.82, 2.24) is 4.57 Å². The fourth-order valence-corrected chi connectivity index (χ4v) is 7.23. The van der Waals surface area contributed by atoms with E-state index in [0.717, 1.165) is 11.4 Å². The van der Waals surface area contributed by atoms with Crippen molar-refractivity contribution in [1.29, 1.82) is 0 Å². The summed E-state index contributed by atoms with van der Waals surface area (Å²) in [4.78, 5) is 0. The van der Waals surface area contributed by atoms with E-state index >= 15 is 0 Å². The smallest absolute Gasteiger partial charge is 0.0541 e. The van der Waals surface area contributed by atoms with E-state index in [1.54, 1.807) is 0 Å². The zero-order valence-corrected chi connectivity index (χ0v) is 28.7. The Morgan fingerprint density at radius 1 is 0.288 bits per heavy atom. The van der Waals surface area contributed by atoms with Gasteiger partial charge in [-0.3, -0.25) is 0 Å². The third kappa shape index (κ3) is 6.08. The van der Waals surface area contributed by atoms with Crippen molar-refractivity contribution in [3.8, 4) is 27.9 Å². The van der Waals surface area contributed by atoms with Gasteiger partial charge in [0.05, 0.1) is 11.0 Å². The van der Waals surface area contributed by atoms with Gasteiger partial charge in [-0.2, -0.15) is 0 Å². The maximum absolute atomic E-state index is 3.57. The number of para-hydroxylation sites is 2. The van der Waals surface area contributed by atoms with Crippen molar-refractivity contribution in [2.45, 2.75) is 0 Å². The number of hydrogen-bond acceptors (Lipinski definition) is 1. The van der Waals surface area contributed by atoms with Gasteiger partial charge < -0.3 is 9.88 Å². The van der Waals surface area contributed by atoms with Gasteiger partial charge in [0.2, 0.25) is 0 Å². The monoisotopic (exact) mass is 664 g/mol. The lowest BCUT2D eigenvalue weighted by Crippen LogP contribution is -1.93. The zero-order chi connectivity index (χ0) is 34.7. The molecule has 2 nitrogen and oxygen atoms in total. The molecule has 0 saturated carbocycles. The van der Waals surface area contributed by atoms with Gasteiger partial charge in [0.25, 0.3) is 0 Å². The Balaban J connectivity index is 0.000000548. The summed E-state index contributed by atoms with van der Waals surface area (Å²) < 4.78 is 2.36. The molecule has 246 valence electrons. The van der Waals surface area contributed by atoms with Gasteiger partial charge in [-0.25, -0.2) is 0 Å². The molecule has 0 spiro atoms. The molecule has 0 atom stereocenters. The predicted molar refractivity (Wildman–Crippen MR) is 223 cm³/mol. The molecule has 52 heavy (non-hydrogen) atoms. The lowest BCUT2D eigenvalue weighted by molar-refractivity contribution is 1.18. The van der Waals surface area contributed by atoms with Gasteiger partial charge in [0.15, 0.2) is 0 Å². The number of fused-ring (bicyclic) bond motifs is 6. The molecule has 10 aromatic rings. The molecule has 0 fully saturated rings. The maximum atomic E-state index is 3.57. The van der Waals surface area contributed by atoms with Crippen LogP contribution in [0.3, 0.4) is 0 Å². The van der Waals surface area contributed by atoms with E-state index in [2.05, 4.69) is 186 Å². The Labute approximate surface area is 303 Å². The SMILES string of the molecule is c1ccc2c(c1)ccc1ccc(-c3ccc(Nc4ccc(-c5ccc(-n6c7ccccc7c7ccccc76)cc5)cc4)cc3)cc12.c1ccccc1. The maximum Gasteiger partial charge on any atom is 0.0541 e. The van der Waals surface area contributed by atoms with Crippen molar-refractivity contribution in [3.63, 3.8) is 0 Å². The van der Waals surface area contributed by atoms with Gasteiger partial charge in [-0.15, -0.1) is 0 Å². The average Bonchev–Trinajstić information content (AvgIpc) is 3.56. The zero-order valence-electron chi connectivity index (χ0n) is 28.7. The summed E-state index contributed by atoms with van der Waals surface area (Å²) in [6, 6.07) is 75.3. The van der Waals surface area contributed by atoms with Crippen LogP contribution in [0.25, 0.3) is 71.3 Å². The molecule has 0 aliphatic carbocycles. The Morgan fingerprint density at radius 2 is 0.692 bits per heavy atom. The third-order valence-corrected chi connectivity index (χ3v) is 9.84.